The standard InChI is InChI=1S/C34H38N8O4S/c1-4-22(21-9-7-13-40(21)2)45-31-25-30(42(32(43)41(25)3)34-14-18(34)16-44-17-34)37-29(38-31)26-19-8-5-11-33(27(19)39-46-26)12-6-10-23-24(33)20(15-35)28(36)47-23/h4,18,21-22H,1,5-14,16-17,36H2,2-3H3/t18?,21-,22-,33-,34-/m0/s1. The van der Waals surface area contributed by atoms with E-state index in [-0.39, 0.29) is 23.8 Å². The fraction of sp³-hybridized carbons (Fsp3) is 0.559. The van der Waals surface area contributed by atoms with E-state index in [0.29, 0.717) is 52.4 Å². The Labute approximate surface area is 275 Å². The Hall–Kier alpha value is -3.99. The van der Waals surface area contributed by atoms with Crippen LogP contribution in [0.25, 0.3) is 22.7 Å². The zero-order chi connectivity index (χ0) is 32.2. The molecular weight excluding hydrogens is 616 g/mol. The molecule has 1 saturated carbocycles. The number of aryl methyl sites for hydroxylation is 2. The maximum absolute atomic E-state index is 14.0. The lowest BCUT2D eigenvalue weighted by Gasteiger charge is -2.39. The van der Waals surface area contributed by atoms with E-state index in [9.17, 15) is 10.1 Å². The summed E-state index contributed by atoms with van der Waals surface area (Å²) in [5.74, 6) is 1.43. The van der Waals surface area contributed by atoms with Gasteiger partial charge in [0.2, 0.25) is 17.5 Å². The van der Waals surface area contributed by atoms with Crippen LogP contribution in [0.3, 0.4) is 0 Å². The smallest absolute Gasteiger partial charge is 0.330 e. The first-order chi connectivity index (χ1) is 22.8. The third kappa shape index (κ3) is 3.92. The molecule has 9 rings (SSSR count). The van der Waals surface area contributed by atoms with Crippen molar-refractivity contribution >= 4 is 27.5 Å². The second-order valence-electron chi connectivity index (χ2n) is 14.1. The lowest BCUT2D eigenvalue weighted by molar-refractivity contribution is 0.139. The third-order valence-corrected chi connectivity index (χ3v) is 12.8. The van der Waals surface area contributed by atoms with E-state index < -0.39 is 11.0 Å². The van der Waals surface area contributed by atoms with Gasteiger partial charge in [-0.15, -0.1) is 11.3 Å². The van der Waals surface area contributed by atoms with Crippen molar-refractivity contribution in [3.8, 4) is 23.5 Å². The molecule has 0 radical (unpaired) electrons. The van der Waals surface area contributed by atoms with Crippen LogP contribution in [0.15, 0.2) is 22.0 Å². The number of likely N-dealkylation sites (tertiary alicyclic amines) is 1. The van der Waals surface area contributed by atoms with E-state index in [2.05, 4.69) is 24.6 Å². The number of nitrogen functional groups attached to an aromatic ring is 1. The molecule has 0 amide bonds. The molecule has 6 heterocycles. The lowest BCUT2D eigenvalue weighted by atomic mass is 9.62. The summed E-state index contributed by atoms with van der Waals surface area (Å²) in [6.07, 6.45) is 9.70. The number of anilines is 1. The zero-order valence-corrected chi connectivity index (χ0v) is 27.6. The van der Waals surface area contributed by atoms with Crippen molar-refractivity contribution in [2.45, 2.75) is 80.9 Å². The van der Waals surface area contributed by atoms with Gasteiger partial charge < -0.3 is 19.7 Å². The van der Waals surface area contributed by atoms with E-state index in [1.54, 1.807) is 11.6 Å². The summed E-state index contributed by atoms with van der Waals surface area (Å²) in [4.78, 5) is 27.6. The van der Waals surface area contributed by atoms with Gasteiger partial charge in [-0.25, -0.2) is 9.78 Å². The highest BCUT2D eigenvalue weighted by atomic mass is 32.1. The summed E-state index contributed by atoms with van der Waals surface area (Å²) < 4.78 is 22.2. The number of aromatic nitrogens is 5. The minimum absolute atomic E-state index is 0.139. The number of rotatable bonds is 6. The minimum atomic E-state index is -0.442. The number of ether oxygens (including phenoxy) is 2. The van der Waals surface area contributed by atoms with E-state index in [4.69, 9.17) is 34.9 Å². The number of hydrogen-bond acceptors (Lipinski definition) is 11. The van der Waals surface area contributed by atoms with Gasteiger partial charge in [-0.2, -0.15) is 10.2 Å². The molecule has 5 atom stereocenters. The van der Waals surface area contributed by atoms with Crippen LogP contribution in [0.4, 0.5) is 5.00 Å². The first-order valence-electron chi connectivity index (χ1n) is 16.7. The van der Waals surface area contributed by atoms with Gasteiger partial charge in [0.15, 0.2) is 11.2 Å². The summed E-state index contributed by atoms with van der Waals surface area (Å²) in [5, 5.41) is 15.5. The minimum Gasteiger partial charge on any atom is -0.467 e. The number of imidazole rings is 1. The second kappa shape index (κ2) is 10.3. The van der Waals surface area contributed by atoms with Crippen molar-refractivity contribution in [3.63, 3.8) is 0 Å². The predicted octanol–water partition coefficient (Wildman–Crippen LogP) is 4.03. The van der Waals surface area contributed by atoms with Crippen molar-refractivity contribution in [3.05, 3.63) is 50.4 Å². The van der Waals surface area contributed by atoms with E-state index >= 15 is 0 Å². The topological polar surface area (TPSA) is 150 Å². The van der Waals surface area contributed by atoms with Crippen LogP contribution in [0.2, 0.25) is 0 Å². The molecule has 3 aliphatic carbocycles. The van der Waals surface area contributed by atoms with Crippen LogP contribution >= 0.6 is 11.3 Å². The average molecular weight is 655 g/mol. The van der Waals surface area contributed by atoms with Crippen molar-refractivity contribution < 1.29 is 14.0 Å². The van der Waals surface area contributed by atoms with Gasteiger partial charge in [-0.1, -0.05) is 11.7 Å². The van der Waals surface area contributed by atoms with Crippen LogP contribution in [0.5, 0.6) is 5.88 Å². The first-order valence-corrected chi connectivity index (χ1v) is 17.5. The van der Waals surface area contributed by atoms with Gasteiger partial charge in [0, 0.05) is 28.8 Å². The Morgan fingerprint density at radius 3 is 2.77 bits per heavy atom. The van der Waals surface area contributed by atoms with Crippen molar-refractivity contribution in [1.82, 2.24) is 29.2 Å². The van der Waals surface area contributed by atoms with E-state index in [1.807, 2.05) is 10.6 Å². The monoisotopic (exact) mass is 654 g/mol. The number of thiophene rings is 1. The SMILES string of the molecule is C=C[C@H](Oc1nc(-c2onc3c2CCC[C@@]32CCCc3sc(N)c(C#N)c32)nc2c1n(C)c(=O)n2[C@@]12COCC1C2)[C@@H]1CCCN1C. The quantitative estimate of drug-likeness (QED) is 0.302. The third-order valence-electron chi connectivity index (χ3n) is 11.7. The summed E-state index contributed by atoms with van der Waals surface area (Å²) in [6, 6.07) is 2.54. The molecule has 4 aromatic rings. The van der Waals surface area contributed by atoms with Crippen molar-refractivity contribution in [2.75, 3.05) is 32.5 Å². The number of hydrogen-bond donors (Lipinski definition) is 1. The Morgan fingerprint density at radius 2 is 2.06 bits per heavy atom. The number of fused-ring (bicyclic) bond motifs is 6. The van der Waals surface area contributed by atoms with Gasteiger partial charge >= 0.3 is 5.69 Å². The molecule has 0 aromatic carbocycles. The molecule has 1 spiro atoms. The maximum atomic E-state index is 14.0. The largest absolute Gasteiger partial charge is 0.467 e. The summed E-state index contributed by atoms with van der Waals surface area (Å²) in [5.41, 5.74) is 9.83. The van der Waals surface area contributed by atoms with Gasteiger partial charge in [-0.3, -0.25) is 14.0 Å². The zero-order valence-electron chi connectivity index (χ0n) is 26.8. The fourth-order valence-electron chi connectivity index (χ4n) is 9.26. The first kappa shape index (κ1) is 29.2. The Kier molecular flexibility index (Phi) is 6.36. The molecule has 47 heavy (non-hydrogen) atoms. The van der Waals surface area contributed by atoms with Crippen LogP contribution in [-0.4, -0.2) is 68.1 Å². The molecule has 12 nitrogen and oxygen atoms in total. The highest BCUT2D eigenvalue weighted by Gasteiger charge is 2.62. The maximum Gasteiger partial charge on any atom is 0.330 e. The summed E-state index contributed by atoms with van der Waals surface area (Å²) in [6.45, 7) is 6.20. The van der Waals surface area contributed by atoms with Crippen LogP contribution < -0.4 is 16.2 Å². The Bertz CT molecular complexity index is 2070. The molecule has 2 aliphatic heterocycles. The number of nitrogens with zero attached hydrogens (tertiary/aromatic N) is 7. The van der Waals surface area contributed by atoms with Crippen LogP contribution in [0.1, 0.15) is 72.2 Å². The summed E-state index contributed by atoms with van der Waals surface area (Å²) in [7, 11) is 3.86. The average Bonchev–Trinajstić information content (AvgIpc) is 3.64. The number of nitrogens with two attached hydrogens (primary N) is 1. The highest BCUT2D eigenvalue weighted by molar-refractivity contribution is 7.16. The van der Waals surface area contributed by atoms with E-state index in [1.165, 1.54) is 16.2 Å². The van der Waals surface area contributed by atoms with Gasteiger partial charge in [-0.05, 0) is 83.0 Å². The Morgan fingerprint density at radius 1 is 1.23 bits per heavy atom. The Balaban J connectivity index is 1.24. The predicted molar refractivity (Wildman–Crippen MR) is 176 cm³/mol. The van der Waals surface area contributed by atoms with Crippen LogP contribution in [0, 0.1) is 17.2 Å². The van der Waals surface area contributed by atoms with E-state index in [0.717, 1.165) is 81.2 Å². The van der Waals surface area contributed by atoms with Gasteiger partial charge in [0.1, 0.15) is 17.2 Å². The molecule has 13 heteroatoms. The fourth-order valence-corrected chi connectivity index (χ4v) is 10.4. The molecule has 2 N–H and O–H groups in total. The van der Waals surface area contributed by atoms with Crippen LogP contribution in [-0.2, 0) is 35.6 Å². The molecule has 5 aliphatic rings. The molecular formula is C34H38N8O4S. The molecule has 2 saturated heterocycles. The molecule has 244 valence electrons. The molecule has 0 bridgehead atoms. The van der Waals surface area contributed by atoms with Gasteiger partial charge in [0.05, 0.1) is 36.1 Å². The molecule has 3 fully saturated rings. The normalized spacial score (nSPS) is 28.6. The van der Waals surface area contributed by atoms with Gasteiger partial charge in [0.25, 0.3) is 0 Å². The van der Waals surface area contributed by atoms with Crippen molar-refractivity contribution in [1.29, 1.82) is 5.26 Å². The molecule has 4 aromatic heterocycles. The second-order valence-corrected chi connectivity index (χ2v) is 15.2. The molecule has 1 unspecified atom stereocenters. The summed E-state index contributed by atoms with van der Waals surface area (Å²) >= 11 is 1.53. The van der Waals surface area contributed by atoms with Crippen molar-refractivity contribution in [2.24, 2.45) is 13.0 Å². The highest BCUT2D eigenvalue weighted by Crippen LogP contribution is 2.56. The number of likely N-dealkylation sites (N-methyl/N-ethyl adjacent to an activating group) is 1. The lowest BCUT2D eigenvalue weighted by Crippen LogP contribution is -2.39. The number of nitriles is 1.